The number of carboxylic acids is 1. The molecule has 0 aliphatic rings. The number of carboxylic acid groups (broad SMARTS) is 1. The van der Waals surface area contributed by atoms with Crippen LogP contribution in [-0.4, -0.2) is 43.6 Å². The number of unbranched alkanes of at least 4 members (excludes halogenated alkanes) is 1. The van der Waals surface area contributed by atoms with Gasteiger partial charge < -0.3 is 5.11 Å². The number of sulfonamides is 1. The van der Waals surface area contributed by atoms with Crippen molar-refractivity contribution in [2.75, 3.05) is 19.8 Å². The number of hydrogen-bond donors (Lipinski definition) is 1. The number of hydrogen-bond acceptors (Lipinski definition) is 3. The summed E-state index contributed by atoms with van der Waals surface area (Å²) in [6.45, 7) is 0. The SMILES string of the molecule is CN(C)S(=O)(=O)CCCCC(=O)O. The summed E-state index contributed by atoms with van der Waals surface area (Å²) in [7, 11) is -0.226. The summed E-state index contributed by atoms with van der Waals surface area (Å²) >= 11 is 0. The minimum absolute atomic E-state index is 0.0211. The largest absolute Gasteiger partial charge is 0.481 e. The van der Waals surface area contributed by atoms with Gasteiger partial charge in [-0.15, -0.1) is 0 Å². The van der Waals surface area contributed by atoms with Crippen molar-refractivity contribution in [1.82, 2.24) is 4.31 Å². The average molecular weight is 209 g/mol. The summed E-state index contributed by atoms with van der Waals surface area (Å²) in [5.41, 5.74) is 0. The lowest BCUT2D eigenvalue weighted by atomic mass is 10.3. The highest BCUT2D eigenvalue weighted by molar-refractivity contribution is 7.89. The molecule has 0 spiro atoms. The average Bonchev–Trinajstić information content (AvgIpc) is 1.97. The highest BCUT2D eigenvalue weighted by Gasteiger charge is 2.12. The van der Waals surface area contributed by atoms with Gasteiger partial charge in [0.2, 0.25) is 10.0 Å². The Morgan fingerprint density at radius 3 is 2.23 bits per heavy atom. The summed E-state index contributed by atoms with van der Waals surface area (Å²) in [6, 6.07) is 0. The van der Waals surface area contributed by atoms with Crippen LogP contribution in [-0.2, 0) is 14.8 Å². The second kappa shape index (κ2) is 5.18. The molecule has 5 nitrogen and oxygen atoms in total. The smallest absolute Gasteiger partial charge is 0.303 e. The zero-order valence-corrected chi connectivity index (χ0v) is 8.67. The molecule has 0 saturated carbocycles. The van der Waals surface area contributed by atoms with Crippen molar-refractivity contribution in [2.45, 2.75) is 19.3 Å². The maximum absolute atomic E-state index is 11.2. The van der Waals surface area contributed by atoms with Gasteiger partial charge in [0.05, 0.1) is 5.75 Å². The number of rotatable bonds is 6. The summed E-state index contributed by atoms with van der Waals surface area (Å²) in [4.78, 5) is 10.1. The van der Waals surface area contributed by atoms with Gasteiger partial charge in [0.25, 0.3) is 0 Å². The Morgan fingerprint density at radius 2 is 1.85 bits per heavy atom. The van der Waals surface area contributed by atoms with Crippen molar-refractivity contribution < 1.29 is 18.3 Å². The van der Waals surface area contributed by atoms with Crippen molar-refractivity contribution in [2.24, 2.45) is 0 Å². The van der Waals surface area contributed by atoms with Crippen molar-refractivity contribution in [1.29, 1.82) is 0 Å². The molecule has 0 aromatic rings. The van der Waals surface area contributed by atoms with E-state index < -0.39 is 16.0 Å². The topological polar surface area (TPSA) is 74.7 Å². The lowest BCUT2D eigenvalue weighted by molar-refractivity contribution is -0.137. The first-order chi connectivity index (χ1) is 5.86. The third kappa shape index (κ3) is 5.59. The molecule has 78 valence electrons. The van der Waals surface area contributed by atoms with Crippen molar-refractivity contribution in [3.05, 3.63) is 0 Å². The van der Waals surface area contributed by atoms with E-state index in [1.54, 1.807) is 0 Å². The van der Waals surface area contributed by atoms with Gasteiger partial charge in [0, 0.05) is 20.5 Å². The van der Waals surface area contributed by atoms with E-state index >= 15 is 0 Å². The molecule has 0 aromatic heterocycles. The normalized spacial score (nSPS) is 11.9. The van der Waals surface area contributed by atoms with E-state index in [-0.39, 0.29) is 12.2 Å². The van der Waals surface area contributed by atoms with Crippen LogP contribution in [0.25, 0.3) is 0 Å². The Kier molecular flexibility index (Phi) is 4.94. The van der Waals surface area contributed by atoms with Crippen LogP contribution in [0.5, 0.6) is 0 Å². The standard InChI is InChI=1S/C7H15NO4S/c1-8(2)13(11,12)6-4-3-5-7(9)10/h3-6H2,1-2H3,(H,9,10). The molecule has 0 saturated heterocycles. The molecule has 0 atom stereocenters. The lowest BCUT2D eigenvalue weighted by Crippen LogP contribution is -2.25. The first kappa shape index (κ1) is 12.4. The molecule has 0 aliphatic heterocycles. The van der Waals surface area contributed by atoms with Crippen LogP contribution in [0.1, 0.15) is 19.3 Å². The molecule has 0 aliphatic carbocycles. The van der Waals surface area contributed by atoms with Crippen LogP contribution in [0.2, 0.25) is 0 Å². The summed E-state index contributed by atoms with van der Waals surface area (Å²) in [6.07, 6.45) is 0.832. The molecule has 13 heavy (non-hydrogen) atoms. The molecule has 1 N–H and O–H groups in total. The first-order valence-electron chi connectivity index (χ1n) is 3.98. The van der Waals surface area contributed by atoms with Gasteiger partial charge in [-0.1, -0.05) is 0 Å². The summed E-state index contributed by atoms with van der Waals surface area (Å²) in [5.74, 6) is -0.866. The predicted molar refractivity (Wildman–Crippen MR) is 49.0 cm³/mol. The summed E-state index contributed by atoms with van der Waals surface area (Å²) in [5, 5.41) is 8.29. The van der Waals surface area contributed by atoms with E-state index in [2.05, 4.69) is 0 Å². The lowest BCUT2D eigenvalue weighted by Gasteiger charge is -2.10. The molecule has 0 radical (unpaired) electrons. The second-order valence-corrected chi connectivity index (χ2v) is 5.25. The van der Waals surface area contributed by atoms with E-state index in [0.717, 1.165) is 4.31 Å². The van der Waals surface area contributed by atoms with E-state index in [1.807, 2.05) is 0 Å². The summed E-state index contributed by atoms with van der Waals surface area (Å²) < 4.78 is 23.5. The van der Waals surface area contributed by atoms with Crippen LogP contribution in [0, 0.1) is 0 Å². The van der Waals surface area contributed by atoms with Crippen LogP contribution < -0.4 is 0 Å². The predicted octanol–water partition coefficient (Wildman–Crippen LogP) is 0.133. The number of aliphatic carboxylic acids is 1. The molecule has 0 heterocycles. The molecule has 0 amide bonds. The van der Waals surface area contributed by atoms with Crippen molar-refractivity contribution in [3.63, 3.8) is 0 Å². The fourth-order valence-electron chi connectivity index (χ4n) is 0.743. The van der Waals surface area contributed by atoms with Gasteiger partial charge in [0.1, 0.15) is 0 Å². The van der Waals surface area contributed by atoms with Crippen LogP contribution in [0.3, 0.4) is 0 Å². The maximum Gasteiger partial charge on any atom is 0.303 e. The minimum Gasteiger partial charge on any atom is -0.481 e. The van der Waals surface area contributed by atoms with E-state index in [0.29, 0.717) is 12.8 Å². The Labute approximate surface area is 78.4 Å². The molecule has 0 rings (SSSR count). The molecule has 0 unspecified atom stereocenters. The third-order valence-corrected chi connectivity index (χ3v) is 3.52. The number of carbonyl (C=O) groups is 1. The van der Waals surface area contributed by atoms with Crippen molar-refractivity contribution >= 4 is 16.0 Å². The van der Waals surface area contributed by atoms with Crippen molar-refractivity contribution in [3.8, 4) is 0 Å². The van der Waals surface area contributed by atoms with Gasteiger partial charge in [-0.25, -0.2) is 12.7 Å². The van der Waals surface area contributed by atoms with Crippen LogP contribution >= 0.6 is 0 Å². The second-order valence-electron chi connectivity index (χ2n) is 2.95. The minimum atomic E-state index is -3.16. The highest BCUT2D eigenvalue weighted by atomic mass is 32.2. The number of nitrogens with zero attached hydrogens (tertiary/aromatic N) is 1. The first-order valence-corrected chi connectivity index (χ1v) is 5.59. The Hall–Kier alpha value is -0.620. The molecular weight excluding hydrogens is 194 g/mol. The molecule has 0 aromatic carbocycles. The molecule has 0 bridgehead atoms. The Balaban J connectivity index is 3.72. The van der Waals surface area contributed by atoms with Crippen LogP contribution in [0.4, 0.5) is 0 Å². The fourth-order valence-corrected chi connectivity index (χ4v) is 1.68. The molecule has 6 heteroatoms. The Bertz CT molecular complexity index is 258. The molecular formula is C7H15NO4S. The quantitative estimate of drug-likeness (QED) is 0.631. The monoisotopic (exact) mass is 209 g/mol. The van der Waals surface area contributed by atoms with E-state index in [4.69, 9.17) is 5.11 Å². The van der Waals surface area contributed by atoms with Gasteiger partial charge in [-0.2, -0.15) is 0 Å². The fraction of sp³-hybridized carbons (Fsp3) is 0.857. The maximum atomic E-state index is 11.2. The third-order valence-electron chi connectivity index (χ3n) is 1.60. The zero-order chi connectivity index (χ0) is 10.5. The van der Waals surface area contributed by atoms with Gasteiger partial charge >= 0.3 is 5.97 Å². The molecule has 0 fully saturated rings. The van der Waals surface area contributed by atoms with Gasteiger partial charge in [-0.05, 0) is 12.8 Å². The van der Waals surface area contributed by atoms with Crippen LogP contribution in [0.15, 0.2) is 0 Å². The van der Waals surface area contributed by atoms with Gasteiger partial charge in [-0.3, -0.25) is 4.79 Å². The highest BCUT2D eigenvalue weighted by Crippen LogP contribution is 2.02. The Morgan fingerprint density at radius 1 is 1.31 bits per heavy atom. The van der Waals surface area contributed by atoms with E-state index in [1.165, 1.54) is 14.1 Å². The van der Waals surface area contributed by atoms with E-state index in [9.17, 15) is 13.2 Å². The zero-order valence-electron chi connectivity index (χ0n) is 7.86. The van der Waals surface area contributed by atoms with Gasteiger partial charge in [0.15, 0.2) is 0 Å².